The number of terminal acetylenes is 2. The van der Waals surface area contributed by atoms with Gasteiger partial charge in [-0.2, -0.15) is 4.31 Å². The summed E-state index contributed by atoms with van der Waals surface area (Å²) >= 11 is 0. The van der Waals surface area contributed by atoms with Gasteiger partial charge in [-0.25, -0.2) is 13.2 Å². The molecule has 280 valence electrons. The Balaban J connectivity index is 0. The lowest BCUT2D eigenvalue weighted by Crippen LogP contribution is -2.36. The number of aliphatic hydroxyl groups excluding tert-OH is 1. The molecule has 4 rings (SSSR count). The molecule has 1 fully saturated rings. The van der Waals surface area contributed by atoms with E-state index >= 15 is 0 Å². The average molecular weight is 726 g/mol. The van der Waals surface area contributed by atoms with Crippen LogP contribution in [0.15, 0.2) is 88.9 Å². The fourth-order valence-electron chi connectivity index (χ4n) is 3.98. The monoisotopic (exact) mass is 725 g/mol. The maximum absolute atomic E-state index is 12.8. The molecule has 51 heavy (non-hydrogen) atoms. The van der Waals surface area contributed by atoms with Crippen molar-refractivity contribution >= 4 is 16.1 Å². The van der Waals surface area contributed by atoms with Gasteiger partial charge in [0.25, 0.3) is 0 Å². The van der Waals surface area contributed by atoms with Crippen LogP contribution in [0.25, 0.3) is 0 Å². The summed E-state index contributed by atoms with van der Waals surface area (Å²) in [6, 6.07) is 23.5. The second kappa shape index (κ2) is 31.3. The van der Waals surface area contributed by atoms with E-state index in [4.69, 9.17) is 19.3 Å². The van der Waals surface area contributed by atoms with E-state index < -0.39 is 16.1 Å². The molecular weight excluding hydrogens is 671 g/mol. The van der Waals surface area contributed by atoms with Crippen molar-refractivity contribution in [1.29, 1.82) is 0 Å². The highest BCUT2D eigenvalue weighted by atomic mass is 32.2. The van der Waals surface area contributed by atoms with Gasteiger partial charge in [0.2, 0.25) is 10.0 Å². The molecule has 0 spiro atoms. The summed E-state index contributed by atoms with van der Waals surface area (Å²) in [4.78, 5) is 21.0. The second-order valence-corrected chi connectivity index (χ2v) is 12.8. The van der Waals surface area contributed by atoms with E-state index in [1.807, 2.05) is 44.2 Å². The van der Waals surface area contributed by atoms with Gasteiger partial charge >= 0.3 is 6.03 Å². The summed E-state index contributed by atoms with van der Waals surface area (Å²) < 4.78 is 42.6. The predicted octanol–water partition coefficient (Wildman–Crippen LogP) is 7.08. The van der Waals surface area contributed by atoms with Crippen LogP contribution in [0.4, 0.5) is 4.79 Å². The number of rotatable bonds is 12. The molecule has 0 saturated carbocycles. The van der Waals surface area contributed by atoms with Crippen LogP contribution in [0.2, 0.25) is 0 Å². The number of methoxy groups -OCH3 is 1. The number of nitrogens with one attached hydrogen (secondary N) is 1. The van der Waals surface area contributed by atoms with Gasteiger partial charge < -0.3 is 24.6 Å². The Kier molecular flexibility index (Phi) is 29.7. The van der Waals surface area contributed by atoms with E-state index in [1.165, 1.54) is 47.5 Å². The topological polar surface area (TPSA) is 144 Å². The van der Waals surface area contributed by atoms with Crippen LogP contribution in [0, 0.1) is 43.4 Å². The van der Waals surface area contributed by atoms with Crippen LogP contribution >= 0.6 is 0 Å². The lowest BCUT2D eigenvalue weighted by Gasteiger charge is -2.24. The molecule has 12 heteroatoms. The van der Waals surface area contributed by atoms with Crippen LogP contribution < -0.4 is 14.8 Å². The largest absolute Gasteiger partial charge is 0.497 e. The number of nitrogens with zero attached hydrogens (tertiary/aromatic N) is 2. The van der Waals surface area contributed by atoms with Crippen LogP contribution in [0.1, 0.15) is 51.2 Å². The fourth-order valence-corrected chi connectivity index (χ4v) is 5.62. The van der Waals surface area contributed by atoms with Crippen molar-refractivity contribution in [3.63, 3.8) is 0 Å². The number of carbonyl (C=O) groups excluding carboxylic acids is 1. The Labute approximate surface area is 305 Å². The van der Waals surface area contributed by atoms with Crippen LogP contribution in [-0.4, -0.2) is 70.4 Å². The minimum Gasteiger partial charge on any atom is -0.497 e. The number of hydrogen-bond acceptors (Lipinski definition) is 8. The molecule has 1 aliphatic rings. The van der Waals surface area contributed by atoms with Gasteiger partial charge in [-0.1, -0.05) is 61.9 Å². The number of amides is 2. The van der Waals surface area contributed by atoms with Crippen molar-refractivity contribution in [3.8, 4) is 37.2 Å². The number of aryl methyl sites for hydroxylation is 1. The molecule has 0 aliphatic carbocycles. The zero-order valence-electron chi connectivity index (χ0n) is 30.6. The number of benzene rings is 3. The van der Waals surface area contributed by atoms with Gasteiger partial charge in [0.15, 0.2) is 0 Å². The second-order valence-electron chi connectivity index (χ2n) is 10.8. The number of aliphatic hydroxyl groups is 1. The lowest BCUT2D eigenvalue weighted by atomic mass is 10.2. The number of sulfonamides is 1. The minimum atomic E-state index is -3.65. The normalized spacial score (nSPS) is 11.1. The van der Waals surface area contributed by atoms with Crippen molar-refractivity contribution in [2.24, 2.45) is 11.1 Å². The zero-order chi connectivity index (χ0) is 38.9. The van der Waals surface area contributed by atoms with Gasteiger partial charge in [-0.05, 0) is 81.0 Å². The molecule has 1 aliphatic heterocycles. The maximum atomic E-state index is 12.8. The molecular formula is C39H55N3O8S. The Bertz CT molecular complexity index is 1430. The maximum Gasteiger partial charge on any atom is 0.378 e. The zero-order valence-corrected chi connectivity index (χ0v) is 31.4. The van der Waals surface area contributed by atoms with Crippen molar-refractivity contribution in [1.82, 2.24) is 9.62 Å². The molecule has 2 N–H and O–H groups in total. The summed E-state index contributed by atoms with van der Waals surface area (Å²) in [7, 11) is -2.14. The first-order valence-corrected chi connectivity index (χ1v) is 17.8. The van der Waals surface area contributed by atoms with Crippen LogP contribution in [0.5, 0.6) is 11.5 Å². The average Bonchev–Trinajstić information content (AvgIpc) is 3.76. The summed E-state index contributed by atoms with van der Waals surface area (Å²) in [5.74, 6) is 1.64. The Hall–Kier alpha value is -4.72. The summed E-state index contributed by atoms with van der Waals surface area (Å²) in [5.41, 5.74) is 2.44. The highest BCUT2D eigenvalue weighted by Gasteiger charge is 2.25. The molecule has 3 aromatic carbocycles. The summed E-state index contributed by atoms with van der Waals surface area (Å²) in [5, 5.41) is 12.1. The Morgan fingerprint density at radius 3 is 1.92 bits per heavy atom. The molecule has 1 heterocycles. The highest BCUT2D eigenvalue weighted by molar-refractivity contribution is 7.89. The van der Waals surface area contributed by atoms with Gasteiger partial charge in [0, 0.05) is 44.6 Å². The summed E-state index contributed by atoms with van der Waals surface area (Å²) in [6.07, 6.45) is 18.9. The smallest absolute Gasteiger partial charge is 0.378 e. The molecule has 3 aromatic rings. The first kappa shape index (κ1) is 48.4. The molecule has 0 aromatic heterocycles. The fraction of sp³-hybridized carbons (Fsp3) is 0.410. The van der Waals surface area contributed by atoms with Crippen molar-refractivity contribution < 1.29 is 32.5 Å². The van der Waals surface area contributed by atoms with E-state index in [0.717, 1.165) is 19.0 Å². The van der Waals surface area contributed by atoms with Gasteiger partial charge in [0.1, 0.15) is 18.1 Å². The van der Waals surface area contributed by atoms with E-state index in [2.05, 4.69) is 67.4 Å². The number of urea groups is 1. The third kappa shape index (κ3) is 23.3. The molecule has 0 radical (unpaired) electrons. The van der Waals surface area contributed by atoms with Gasteiger partial charge in [-0.3, -0.25) is 0 Å². The minimum absolute atomic E-state index is 0.143. The van der Waals surface area contributed by atoms with Gasteiger partial charge in [0.05, 0.1) is 12.0 Å². The molecule has 0 atom stereocenters. The van der Waals surface area contributed by atoms with E-state index in [-0.39, 0.29) is 30.5 Å². The Morgan fingerprint density at radius 2 is 1.47 bits per heavy atom. The third-order valence-corrected chi connectivity index (χ3v) is 8.19. The summed E-state index contributed by atoms with van der Waals surface area (Å²) in [6.45, 7) is 11.2. The molecule has 11 nitrogen and oxygen atoms in total. The molecule has 0 unspecified atom stereocenters. The van der Waals surface area contributed by atoms with Crippen LogP contribution in [-0.2, 0) is 21.4 Å². The first-order chi connectivity index (χ1) is 24.6. The lowest BCUT2D eigenvalue weighted by molar-refractivity contribution is 0.198. The van der Waals surface area contributed by atoms with E-state index in [1.54, 1.807) is 19.1 Å². The quantitative estimate of drug-likeness (QED) is 0.115. The van der Waals surface area contributed by atoms with Crippen LogP contribution in [0.3, 0.4) is 0 Å². The number of nitroso groups, excluding NO2 is 1. The first-order valence-electron chi connectivity index (χ1n) is 16.4. The number of hydrogen-bond donors (Lipinski definition) is 2. The molecule has 0 bridgehead atoms. The standard InChI is InChI=1S/C15H23N3O5S.C14H14O.C4H8O.C2H6O.2C2H2/c1-12(2)11-18(10-4-9-16-15(19)17-20)24(21,22)14-7-5-13(23-3)6-8-14;1-12-7-9-14(10-8-12)15-11-13-5-3-2-4-6-13;1-2-4-5-3-1;1-2-3;2*1-2/h5-8,12H,4,9-11H2,1-3H3,(H,16,19);2-10H,11H2,1H3;1-4H2;3H,2H2,1H3;2*1-2H. The predicted molar refractivity (Wildman–Crippen MR) is 205 cm³/mol. The van der Waals surface area contributed by atoms with E-state index in [9.17, 15) is 18.1 Å². The number of ether oxygens (including phenoxy) is 3. The van der Waals surface area contributed by atoms with Crippen molar-refractivity contribution in [3.05, 3.63) is 94.9 Å². The van der Waals surface area contributed by atoms with E-state index in [0.29, 0.717) is 25.3 Å². The molecule has 1 saturated heterocycles. The third-order valence-electron chi connectivity index (χ3n) is 6.31. The van der Waals surface area contributed by atoms with Crippen molar-refractivity contribution in [2.45, 2.75) is 58.5 Å². The van der Waals surface area contributed by atoms with Crippen molar-refractivity contribution in [2.75, 3.05) is 46.6 Å². The Morgan fingerprint density at radius 1 is 0.941 bits per heavy atom. The SMILES string of the molecule is C#C.C#C.C1CCOC1.CCO.COc1ccc(S(=O)(=O)N(CCCNC(=O)N=O)CC(C)C)cc1.Cc1ccc(OCc2ccccc2)cc1. The number of carbonyl (C=O) groups is 1. The van der Waals surface area contributed by atoms with Gasteiger partial charge in [-0.15, -0.1) is 30.6 Å². The molecule has 2 amide bonds. The highest BCUT2D eigenvalue weighted by Crippen LogP contribution is 2.21.